The number of anilines is 1. The van der Waals surface area contributed by atoms with Gasteiger partial charge in [0, 0.05) is 18.3 Å². The van der Waals surface area contributed by atoms with E-state index in [0.29, 0.717) is 17.2 Å². The number of rotatable bonds is 4. The highest BCUT2D eigenvalue weighted by atomic mass is 16.5. The van der Waals surface area contributed by atoms with E-state index >= 15 is 0 Å². The minimum atomic E-state index is 0.325. The van der Waals surface area contributed by atoms with Crippen LogP contribution < -0.4 is 15.4 Å². The van der Waals surface area contributed by atoms with Crippen LogP contribution in [0.25, 0.3) is 0 Å². The van der Waals surface area contributed by atoms with Gasteiger partial charge in [-0.05, 0) is 38.3 Å². The molecule has 0 atom stereocenters. The third kappa shape index (κ3) is 3.32. The molecule has 5 heteroatoms. The first-order chi connectivity index (χ1) is 8.61. The summed E-state index contributed by atoms with van der Waals surface area (Å²) < 4.78 is 5.15. The Morgan fingerprint density at radius 2 is 2.11 bits per heavy atom. The quantitative estimate of drug-likeness (QED) is 0.850. The number of hydrogen-bond acceptors (Lipinski definition) is 5. The maximum atomic E-state index is 5.15. The molecule has 0 aromatic carbocycles. The van der Waals surface area contributed by atoms with Crippen LogP contribution in [0.2, 0.25) is 0 Å². The molecule has 1 aromatic rings. The van der Waals surface area contributed by atoms with Gasteiger partial charge in [-0.15, -0.1) is 0 Å². The van der Waals surface area contributed by atoms with E-state index in [1.54, 1.807) is 7.11 Å². The molecule has 2 heterocycles. The molecule has 1 saturated heterocycles. The maximum absolute atomic E-state index is 5.15. The minimum absolute atomic E-state index is 0.325. The largest absolute Gasteiger partial charge is 0.481 e. The Labute approximate surface area is 108 Å². The number of nitrogens with zero attached hydrogens (tertiary/aromatic N) is 2. The second-order valence-corrected chi connectivity index (χ2v) is 5.29. The van der Waals surface area contributed by atoms with Crippen LogP contribution >= 0.6 is 0 Å². The second-order valence-electron chi connectivity index (χ2n) is 5.29. The molecule has 1 aliphatic heterocycles. The monoisotopic (exact) mass is 250 g/mol. The van der Waals surface area contributed by atoms with Crippen LogP contribution in [0.4, 0.5) is 5.95 Å². The van der Waals surface area contributed by atoms with Crippen molar-refractivity contribution in [2.75, 3.05) is 32.1 Å². The predicted octanol–water partition coefficient (Wildman–Crippen LogP) is 1.60. The Kier molecular flexibility index (Phi) is 4.01. The van der Waals surface area contributed by atoms with Crippen LogP contribution in [0.3, 0.4) is 0 Å². The molecule has 0 bridgehead atoms. The lowest BCUT2D eigenvalue weighted by atomic mass is 9.81. The molecule has 1 fully saturated rings. The molecule has 0 unspecified atom stereocenters. The fourth-order valence-corrected chi connectivity index (χ4v) is 2.22. The first-order valence-corrected chi connectivity index (χ1v) is 6.46. The first-order valence-electron chi connectivity index (χ1n) is 6.46. The Morgan fingerprint density at radius 3 is 2.78 bits per heavy atom. The summed E-state index contributed by atoms with van der Waals surface area (Å²) in [6.45, 7) is 7.35. The Hall–Kier alpha value is -1.36. The van der Waals surface area contributed by atoms with E-state index < -0.39 is 0 Å². The first kappa shape index (κ1) is 13.1. The van der Waals surface area contributed by atoms with E-state index in [9.17, 15) is 0 Å². The van der Waals surface area contributed by atoms with Gasteiger partial charge in [-0.3, -0.25) is 0 Å². The predicted molar refractivity (Wildman–Crippen MR) is 72.0 cm³/mol. The molecule has 100 valence electrons. The molecule has 2 rings (SSSR count). The molecule has 2 N–H and O–H groups in total. The summed E-state index contributed by atoms with van der Waals surface area (Å²) in [5.74, 6) is 1.27. The average molecular weight is 250 g/mol. The van der Waals surface area contributed by atoms with Crippen molar-refractivity contribution in [3.8, 4) is 5.88 Å². The Bertz CT molecular complexity index is 402. The molecular formula is C13H22N4O. The van der Waals surface area contributed by atoms with Crippen molar-refractivity contribution in [2.24, 2.45) is 5.41 Å². The Morgan fingerprint density at radius 1 is 1.39 bits per heavy atom. The molecule has 0 radical (unpaired) electrons. The zero-order chi connectivity index (χ0) is 13.0. The second kappa shape index (κ2) is 5.52. The molecule has 1 aromatic heterocycles. The summed E-state index contributed by atoms with van der Waals surface area (Å²) in [6.07, 6.45) is 2.37. The van der Waals surface area contributed by atoms with Crippen molar-refractivity contribution in [3.05, 3.63) is 11.8 Å². The molecule has 5 nitrogen and oxygen atoms in total. The zero-order valence-corrected chi connectivity index (χ0v) is 11.4. The fraction of sp³-hybridized carbons (Fsp3) is 0.692. The van der Waals surface area contributed by atoms with E-state index in [-0.39, 0.29) is 0 Å². The number of nitrogens with one attached hydrogen (secondary N) is 2. The molecule has 0 spiro atoms. The highest BCUT2D eigenvalue weighted by molar-refractivity contribution is 5.30. The number of aryl methyl sites for hydroxylation is 1. The summed E-state index contributed by atoms with van der Waals surface area (Å²) in [6, 6.07) is 1.83. The lowest BCUT2D eigenvalue weighted by Crippen LogP contribution is -2.39. The van der Waals surface area contributed by atoms with Crippen LogP contribution in [0, 0.1) is 12.3 Å². The number of hydrogen-bond donors (Lipinski definition) is 2. The van der Waals surface area contributed by atoms with E-state index in [1.165, 1.54) is 12.8 Å². The number of ether oxygens (including phenoxy) is 1. The molecule has 0 aliphatic carbocycles. The van der Waals surface area contributed by atoms with E-state index in [2.05, 4.69) is 27.5 Å². The van der Waals surface area contributed by atoms with Gasteiger partial charge in [-0.2, -0.15) is 4.98 Å². The van der Waals surface area contributed by atoms with Gasteiger partial charge in [0.25, 0.3) is 0 Å². The number of aromatic nitrogens is 2. The van der Waals surface area contributed by atoms with Gasteiger partial charge in [0.1, 0.15) is 0 Å². The van der Waals surface area contributed by atoms with Crippen LogP contribution in [-0.4, -0.2) is 36.7 Å². The van der Waals surface area contributed by atoms with Crippen LogP contribution in [-0.2, 0) is 0 Å². The zero-order valence-electron chi connectivity index (χ0n) is 11.4. The highest BCUT2D eigenvalue weighted by Crippen LogP contribution is 2.27. The lowest BCUT2D eigenvalue weighted by molar-refractivity contribution is 0.246. The van der Waals surface area contributed by atoms with Gasteiger partial charge in [-0.25, -0.2) is 4.98 Å². The van der Waals surface area contributed by atoms with Gasteiger partial charge < -0.3 is 15.4 Å². The summed E-state index contributed by atoms with van der Waals surface area (Å²) in [7, 11) is 1.62. The molecule has 0 amide bonds. The van der Waals surface area contributed by atoms with Gasteiger partial charge >= 0.3 is 0 Å². The lowest BCUT2D eigenvalue weighted by Gasteiger charge is -2.34. The number of methoxy groups -OCH3 is 1. The van der Waals surface area contributed by atoms with Crippen molar-refractivity contribution in [2.45, 2.75) is 26.7 Å². The summed E-state index contributed by atoms with van der Waals surface area (Å²) in [4.78, 5) is 8.69. The SMILES string of the molecule is COc1cc(C)nc(NCC2(C)CCNCC2)n1. The van der Waals surface area contributed by atoms with E-state index in [1.807, 2.05) is 13.0 Å². The topological polar surface area (TPSA) is 59.1 Å². The maximum Gasteiger partial charge on any atom is 0.226 e. The Balaban J connectivity index is 1.98. The van der Waals surface area contributed by atoms with Gasteiger partial charge in [0.05, 0.1) is 7.11 Å². The minimum Gasteiger partial charge on any atom is -0.481 e. The van der Waals surface area contributed by atoms with E-state index in [4.69, 9.17) is 4.74 Å². The number of piperidine rings is 1. The third-order valence-corrected chi connectivity index (χ3v) is 3.52. The van der Waals surface area contributed by atoms with Crippen molar-refractivity contribution >= 4 is 5.95 Å². The van der Waals surface area contributed by atoms with Gasteiger partial charge in [0.15, 0.2) is 0 Å². The standard InChI is InChI=1S/C13H22N4O/c1-10-8-11(18-3)17-12(16-10)15-9-13(2)4-6-14-7-5-13/h8,14H,4-7,9H2,1-3H3,(H,15,16,17). The van der Waals surface area contributed by atoms with Crippen molar-refractivity contribution in [3.63, 3.8) is 0 Å². The van der Waals surface area contributed by atoms with Crippen LogP contribution in [0.1, 0.15) is 25.5 Å². The van der Waals surface area contributed by atoms with Gasteiger partial charge in [0.2, 0.25) is 11.8 Å². The normalized spacial score (nSPS) is 18.4. The molecule has 18 heavy (non-hydrogen) atoms. The average Bonchev–Trinajstić information content (AvgIpc) is 2.37. The summed E-state index contributed by atoms with van der Waals surface area (Å²) in [5, 5.41) is 6.73. The molecule has 1 aliphatic rings. The van der Waals surface area contributed by atoms with Crippen LogP contribution in [0.15, 0.2) is 6.07 Å². The smallest absolute Gasteiger partial charge is 0.226 e. The van der Waals surface area contributed by atoms with Crippen molar-refractivity contribution in [1.82, 2.24) is 15.3 Å². The van der Waals surface area contributed by atoms with Crippen molar-refractivity contribution in [1.29, 1.82) is 0 Å². The summed E-state index contributed by atoms with van der Waals surface area (Å²) >= 11 is 0. The van der Waals surface area contributed by atoms with Crippen molar-refractivity contribution < 1.29 is 4.74 Å². The van der Waals surface area contributed by atoms with Gasteiger partial charge in [-0.1, -0.05) is 6.92 Å². The fourth-order valence-electron chi connectivity index (χ4n) is 2.22. The van der Waals surface area contributed by atoms with E-state index in [0.717, 1.165) is 25.3 Å². The molecular weight excluding hydrogens is 228 g/mol. The highest BCUT2D eigenvalue weighted by Gasteiger charge is 2.26. The van der Waals surface area contributed by atoms with Crippen LogP contribution in [0.5, 0.6) is 5.88 Å². The molecule has 0 saturated carbocycles. The summed E-state index contributed by atoms with van der Waals surface area (Å²) in [5.41, 5.74) is 1.24. The third-order valence-electron chi connectivity index (χ3n) is 3.52.